The molecule has 0 atom stereocenters. The Labute approximate surface area is 175 Å². The Balaban J connectivity index is 1.32. The average Bonchev–Trinajstić information content (AvgIpc) is 3.25. The lowest BCUT2D eigenvalue weighted by atomic mass is 10.1. The zero-order valence-corrected chi connectivity index (χ0v) is 16.7. The summed E-state index contributed by atoms with van der Waals surface area (Å²) >= 11 is 0. The van der Waals surface area contributed by atoms with Crippen molar-refractivity contribution in [2.24, 2.45) is 0 Å². The van der Waals surface area contributed by atoms with Crippen LogP contribution in [0.25, 0.3) is 23.4 Å². The number of rotatable bonds is 4. The number of H-pyrrole nitrogens is 1. The maximum atomic E-state index is 12.0. The van der Waals surface area contributed by atoms with Crippen molar-refractivity contribution in [3.8, 4) is 11.3 Å². The van der Waals surface area contributed by atoms with Gasteiger partial charge in [-0.2, -0.15) is 0 Å². The van der Waals surface area contributed by atoms with Gasteiger partial charge in [-0.15, -0.1) is 0 Å². The summed E-state index contributed by atoms with van der Waals surface area (Å²) < 4.78 is 5.42. The van der Waals surface area contributed by atoms with E-state index in [1.807, 2.05) is 24.3 Å². The summed E-state index contributed by atoms with van der Waals surface area (Å²) in [4.78, 5) is 22.2. The van der Waals surface area contributed by atoms with E-state index in [2.05, 4.69) is 50.5 Å². The number of nitrogens with zero attached hydrogens (tertiary/aromatic N) is 2. The molecule has 0 spiro atoms. The van der Waals surface area contributed by atoms with Gasteiger partial charge in [0.25, 0.3) is 5.91 Å². The molecule has 0 bridgehead atoms. The third kappa shape index (κ3) is 3.86. The van der Waals surface area contributed by atoms with Crippen LogP contribution in [0.5, 0.6) is 0 Å². The predicted octanol–water partition coefficient (Wildman–Crippen LogP) is 3.37. The van der Waals surface area contributed by atoms with Crippen molar-refractivity contribution >= 4 is 23.7 Å². The highest BCUT2D eigenvalue weighted by molar-refractivity contribution is 5.97. The number of pyridine rings is 1. The molecule has 0 unspecified atom stereocenters. The Bertz CT molecular complexity index is 1080. The molecule has 152 valence electrons. The molecule has 6 nitrogen and oxygen atoms in total. The second-order valence-corrected chi connectivity index (χ2v) is 7.57. The fourth-order valence-corrected chi connectivity index (χ4v) is 3.96. The number of ether oxygens (including phenoxy) is 1. The van der Waals surface area contributed by atoms with Gasteiger partial charge >= 0.3 is 0 Å². The second kappa shape index (κ2) is 8.16. The van der Waals surface area contributed by atoms with E-state index < -0.39 is 0 Å². The van der Waals surface area contributed by atoms with Crippen LogP contribution in [0.2, 0.25) is 0 Å². The van der Waals surface area contributed by atoms with Crippen LogP contribution >= 0.6 is 0 Å². The number of anilines is 1. The van der Waals surface area contributed by atoms with Gasteiger partial charge in [-0.3, -0.25) is 9.78 Å². The summed E-state index contributed by atoms with van der Waals surface area (Å²) in [6.07, 6.45) is 6.72. The molecule has 30 heavy (non-hydrogen) atoms. The van der Waals surface area contributed by atoms with Crippen molar-refractivity contribution in [1.82, 2.24) is 15.3 Å². The molecule has 2 aromatic heterocycles. The Kier molecular flexibility index (Phi) is 5.07. The number of carbonyl (C=O) groups excluding carboxylic acids is 1. The van der Waals surface area contributed by atoms with Crippen molar-refractivity contribution in [2.45, 2.75) is 6.42 Å². The van der Waals surface area contributed by atoms with Crippen molar-refractivity contribution in [2.75, 3.05) is 37.7 Å². The monoisotopic (exact) mass is 400 g/mol. The Morgan fingerprint density at radius 3 is 2.67 bits per heavy atom. The predicted molar refractivity (Wildman–Crippen MR) is 118 cm³/mol. The molecule has 0 saturated carbocycles. The van der Waals surface area contributed by atoms with E-state index in [9.17, 15) is 4.79 Å². The van der Waals surface area contributed by atoms with E-state index in [0.29, 0.717) is 6.54 Å². The average molecular weight is 400 g/mol. The number of benzene rings is 1. The Hall–Kier alpha value is -3.38. The van der Waals surface area contributed by atoms with Crippen LogP contribution in [-0.2, 0) is 11.2 Å². The van der Waals surface area contributed by atoms with E-state index >= 15 is 0 Å². The molecule has 5 rings (SSSR count). The van der Waals surface area contributed by atoms with Crippen LogP contribution in [0, 0.1) is 0 Å². The van der Waals surface area contributed by atoms with E-state index in [1.54, 1.807) is 6.20 Å². The highest BCUT2D eigenvalue weighted by atomic mass is 16.5. The molecule has 4 heterocycles. The van der Waals surface area contributed by atoms with E-state index in [0.717, 1.165) is 66.5 Å². The lowest BCUT2D eigenvalue weighted by Gasteiger charge is -2.28. The zero-order chi connectivity index (χ0) is 20.3. The summed E-state index contributed by atoms with van der Waals surface area (Å²) in [5.41, 5.74) is 6.95. The van der Waals surface area contributed by atoms with Crippen LogP contribution in [0.3, 0.4) is 0 Å². The molecule has 6 heteroatoms. The van der Waals surface area contributed by atoms with Crippen LogP contribution in [0.15, 0.2) is 48.7 Å². The number of hydrogen-bond acceptors (Lipinski definition) is 4. The van der Waals surface area contributed by atoms with Gasteiger partial charge < -0.3 is 19.9 Å². The molecule has 0 radical (unpaired) electrons. The molecule has 2 aliphatic rings. The van der Waals surface area contributed by atoms with E-state index in [1.165, 1.54) is 5.69 Å². The second-order valence-electron chi connectivity index (χ2n) is 7.57. The minimum Gasteiger partial charge on any atom is -0.378 e. The number of carbonyl (C=O) groups is 1. The Morgan fingerprint density at radius 2 is 1.87 bits per heavy atom. The number of amides is 1. The van der Waals surface area contributed by atoms with E-state index in [-0.39, 0.29) is 5.91 Å². The van der Waals surface area contributed by atoms with Crippen molar-refractivity contribution in [3.05, 3.63) is 71.2 Å². The molecule has 3 aromatic rings. The number of aromatic amines is 1. The normalized spacial score (nSPS) is 16.5. The highest BCUT2D eigenvalue weighted by Crippen LogP contribution is 2.25. The zero-order valence-electron chi connectivity index (χ0n) is 16.7. The summed E-state index contributed by atoms with van der Waals surface area (Å²) in [5, 5.41) is 2.89. The number of morpholine rings is 1. The van der Waals surface area contributed by atoms with Gasteiger partial charge in [-0.1, -0.05) is 18.2 Å². The third-order valence-corrected chi connectivity index (χ3v) is 5.61. The van der Waals surface area contributed by atoms with Crippen LogP contribution in [0.4, 0.5) is 5.69 Å². The number of hydrogen-bond donors (Lipinski definition) is 2. The standard InChI is InChI=1S/C24H24N4O2/c29-24-21-16-23(27-22(21)8-10-26-24)18-7-9-25-19(15-18)4-1-17-2-5-20(6-3-17)28-11-13-30-14-12-28/h1-7,9,15-16,27H,8,10-14H2,(H,26,29). The third-order valence-electron chi connectivity index (χ3n) is 5.61. The molecular weight excluding hydrogens is 376 g/mol. The van der Waals surface area contributed by atoms with Crippen LogP contribution < -0.4 is 10.2 Å². The SMILES string of the molecule is O=C1NCCc2[nH]c(-c3ccnc(C=Cc4ccc(N5CCOCC5)cc4)c3)cc21. The highest BCUT2D eigenvalue weighted by Gasteiger charge is 2.19. The molecule has 1 amide bonds. The van der Waals surface area contributed by atoms with Gasteiger partial charge in [0, 0.05) is 54.9 Å². The lowest BCUT2D eigenvalue weighted by molar-refractivity contribution is 0.0946. The largest absolute Gasteiger partial charge is 0.378 e. The lowest BCUT2D eigenvalue weighted by Crippen LogP contribution is -2.36. The molecule has 2 aliphatic heterocycles. The number of nitrogens with one attached hydrogen (secondary N) is 2. The van der Waals surface area contributed by atoms with Gasteiger partial charge in [0.2, 0.25) is 0 Å². The van der Waals surface area contributed by atoms with Gasteiger partial charge in [0.05, 0.1) is 24.5 Å². The first-order valence-corrected chi connectivity index (χ1v) is 10.3. The summed E-state index contributed by atoms with van der Waals surface area (Å²) in [5.74, 6) is -0.00606. The summed E-state index contributed by atoms with van der Waals surface area (Å²) in [6, 6.07) is 14.5. The fourth-order valence-electron chi connectivity index (χ4n) is 3.96. The fraction of sp³-hybridized carbons (Fsp3) is 0.250. The van der Waals surface area contributed by atoms with Gasteiger partial charge in [0.1, 0.15) is 0 Å². The minimum absolute atomic E-state index is 0.00606. The van der Waals surface area contributed by atoms with Crippen molar-refractivity contribution in [3.63, 3.8) is 0 Å². The first-order valence-electron chi connectivity index (χ1n) is 10.3. The molecule has 1 fully saturated rings. The smallest absolute Gasteiger partial charge is 0.253 e. The topological polar surface area (TPSA) is 70.2 Å². The molecular formula is C24H24N4O2. The maximum absolute atomic E-state index is 12.0. The Morgan fingerprint density at radius 1 is 1.03 bits per heavy atom. The van der Waals surface area contributed by atoms with Gasteiger partial charge in [-0.25, -0.2) is 0 Å². The van der Waals surface area contributed by atoms with Gasteiger partial charge in [-0.05, 0) is 42.0 Å². The molecule has 1 aromatic carbocycles. The minimum atomic E-state index is -0.00606. The van der Waals surface area contributed by atoms with E-state index in [4.69, 9.17) is 4.74 Å². The van der Waals surface area contributed by atoms with Crippen LogP contribution in [0.1, 0.15) is 27.3 Å². The van der Waals surface area contributed by atoms with Crippen molar-refractivity contribution < 1.29 is 9.53 Å². The molecule has 2 N–H and O–H groups in total. The van der Waals surface area contributed by atoms with Gasteiger partial charge in [0.15, 0.2) is 0 Å². The number of aromatic nitrogens is 2. The molecule has 0 aliphatic carbocycles. The quantitative estimate of drug-likeness (QED) is 0.705. The van der Waals surface area contributed by atoms with Crippen molar-refractivity contribution in [1.29, 1.82) is 0 Å². The first kappa shape index (κ1) is 18.6. The summed E-state index contributed by atoms with van der Waals surface area (Å²) in [7, 11) is 0. The van der Waals surface area contributed by atoms with Crippen LogP contribution in [-0.4, -0.2) is 48.7 Å². The first-order chi connectivity index (χ1) is 14.8. The summed E-state index contributed by atoms with van der Waals surface area (Å²) in [6.45, 7) is 4.14. The number of fused-ring (bicyclic) bond motifs is 1. The molecule has 1 saturated heterocycles. The maximum Gasteiger partial charge on any atom is 0.253 e.